The molecule has 0 radical (unpaired) electrons. The Morgan fingerprint density at radius 1 is 1.14 bits per heavy atom. The van der Waals surface area contributed by atoms with Gasteiger partial charge in [0, 0.05) is 6.54 Å². The molecule has 0 rings (SSSR count). The van der Waals surface area contributed by atoms with Gasteiger partial charge in [-0.05, 0) is 33.1 Å². The van der Waals surface area contributed by atoms with Gasteiger partial charge in [-0.15, -0.1) is 0 Å². The average Bonchev–Trinajstić information content (AvgIpc) is 2.28. The number of esters is 1. The monoisotopic (exact) mass is 337 g/mol. The minimum Gasteiger partial charge on any atom is -0.462 e. The van der Waals surface area contributed by atoms with Crippen molar-refractivity contribution in [1.29, 1.82) is 0 Å². The molecule has 0 aliphatic heterocycles. The molecule has 0 heterocycles. The molecule has 0 aliphatic rings. The zero-order chi connectivity index (χ0) is 17.8. The third-order valence-corrected chi connectivity index (χ3v) is 3.89. The summed E-state index contributed by atoms with van der Waals surface area (Å²) < 4.78 is 36.0. The smallest absolute Gasteiger partial charge is 0.311 e. The number of rotatable bonds is 7. The summed E-state index contributed by atoms with van der Waals surface area (Å²) in [5, 5.41) is 0. The van der Waals surface area contributed by atoms with Gasteiger partial charge in [0.1, 0.15) is 12.7 Å². The number of hydrogen-bond donors (Lipinski definition) is 1. The van der Waals surface area contributed by atoms with Crippen molar-refractivity contribution in [3.05, 3.63) is 0 Å². The molecule has 0 unspecified atom stereocenters. The molecule has 6 nitrogen and oxygen atoms in total. The number of sulfonamides is 1. The van der Waals surface area contributed by atoms with Gasteiger partial charge in [0.15, 0.2) is 0 Å². The first-order valence-corrected chi connectivity index (χ1v) is 9.29. The summed E-state index contributed by atoms with van der Waals surface area (Å²) in [5.74, 6) is -0.344. The van der Waals surface area contributed by atoms with E-state index in [0.29, 0.717) is 0 Å². The van der Waals surface area contributed by atoms with Crippen LogP contribution in [0.4, 0.5) is 0 Å². The maximum Gasteiger partial charge on any atom is 0.311 e. The lowest BCUT2D eigenvalue weighted by Crippen LogP contribution is -2.41. The van der Waals surface area contributed by atoms with Crippen molar-refractivity contribution in [2.75, 3.05) is 19.4 Å². The van der Waals surface area contributed by atoms with Crippen LogP contribution in [0.3, 0.4) is 0 Å². The number of nitrogens with one attached hydrogen (secondary N) is 1. The van der Waals surface area contributed by atoms with Crippen molar-refractivity contribution < 1.29 is 22.7 Å². The largest absolute Gasteiger partial charge is 0.462 e. The summed E-state index contributed by atoms with van der Waals surface area (Å²) in [4.78, 5) is 11.8. The quantitative estimate of drug-likeness (QED) is 0.718. The van der Waals surface area contributed by atoms with Gasteiger partial charge in [-0.25, -0.2) is 13.1 Å². The topological polar surface area (TPSA) is 81.7 Å². The van der Waals surface area contributed by atoms with Crippen molar-refractivity contribution in [2.24, 2.45) is 10.8 Å². The molecule has 0 amide bonds. The Balaban J connectivity index is 4.76. The second-order valence-corrected chi connectivity index (χ2v) is 9.57. The molecule has 0 aromatic heterocycles. The first-order valence-electron chi connectivity index (χ1n) is 7.40. The van der Waals surface area contributed by atoms with Crippen LogP contribution in [-0.2, 0) is 24.3 Å². The van der Waals surface area contributed by atoms with Gasteiger partial charge < -0.3 is 9.47 Å². The Labute approximate surface area is 135 Å². The highest BCUT2D eigenvalue weighted by molar-refractivity contribution is 7.88. The van der Waals surface area contributed by atoms with E-state index in [0.717, 1.165) is 6.26 Å². The third kappa shape index (κ3) is 9.38. The second kappa shape index (κ2) is 7.75. The maximum atomic E-state index is 11.8. The fourth-order valence-corrected chi connectivity index (χ4v) is 1.76. The van der Waals surface area contributed by atoms with E-state index >= 15 is 0 Å². The summed E-state index contributed by atoms with van der Waals surface area (Å²) in [6.45, 7) is 13.4. The zero-order valence-corrected chi connectivity index (χ0v) is 15.8. The molecule has 132 valence electrons. The van der Waals surface area contributed by atoms with E-state index in [1.165, 1.54) is 0 Å². The molecule has 0 aromatic rings. The van der Waals surface area contributed by atoms with E-state index in [2.05, 4.69) is 4.72 Å². The van der Waals surface area contributed by atoms with Crippen LogP contribution in [0.25, 0.3) is 0 Å². The SMILES string of the molecule is C[C@H](O[C@@H](CNS(C)(=O)=O)COC(=O)C(C)(C)C)C(C)(C)C. The van der Waals surface area contributed by atoms with Crippen molar-refractivity contribution in [3.63, 3.8) is 0 Å². The van der Waals surface area contributed by atoms with Crippen LogP contribution in [0, 0.1) is 10.8 Å². The molecular formula is C15H31NO5S. The van der Waals surface area contributed by atoms with Gasteiger partial charge in [-0.3, -0.25) is 4.79 Å². The summed E-state index contributed by atoms with van der Waals surface area (Å²) in [7, 11) is -3.33. The molecule has 0 spiro atoms. The number of carbonyl (C=O) groups is 1. The highest BCUT2D eigenvalue weighted by Gasteiger charge is 2.28. The van der Waals surface area contributed by atoms with Crippen LogP contribution in [0.5, 0.6) is 0 Å². The highest BCUT2D eigenvalue weighted by Crippen LogP contribution is 2.23. The number of ether oxygens (including phenoxy) is 2. The lowest BCUT2D eigenvalue weighted by molar-refractivity contribution is -0.160. The summed E-state index contributed by atoms with van der Waals surface area (Å²) in [6, 6.07) is 0. The normalized spacial score (nSPS) is 16.2. The Morgan fingerprint density at radius 2 is 1.64 bits per heavy atom. The average molecular weight is 337 g/mol. The Hall–Kier alpha value is -0.660. The van der Waals surface area contributed by atoms with E-state index in [-0.39, 0.29) is 30.6 Å². The van der Waals surface area contributed by atoms with Crippen molar-refractivity contribution in [1.82, 2.24) is 4.72 Å². The van der Waals surface area contributed by atoms with E-state index in [9.17, 15) is 13.2 Å². The minimum absolute atomic E-state index is 0.0129. The van der Waals surface area contributed by atoms with Crippen LogP contribution in [-0.4, -0.2) is 46.0 Å². The van der Waals surface area contributed by atoms with Crippen molar-refractivity contribution in [3.8, 4) is 0 Å². The molecule has 0 fully saturated rings. The molecule has 7 heteroatoms. The minimum atomic E-state index is -3.33. The van der Waals surface area contributed by atoms with Crippen LogP contribution >= 0.6 is 0 Å². The van der Waals surface area contributed by atoms with Crippen LogP contribution in [0.2, 0.25) is 0 Å². The summed E-state index contributed by atoms with van der Waals surface area (Å²) in [5.41, 5.74) is -0.707. The number of carbonyl (C=O) groups excluding carboxylic acids is 1. The standard InChI is InChI=1S/C15H31NO5S/c1-11(14(2,3)4)21-12(9-16-22(8,18)19)10-20-13(17)15(5,6)7/h11-12,16H,9-10H2,1-8H3/t11-,12-/m0/s1. The van der Waals surface area contributed by atoms with Crippen LogP contribution in [0.15, 0.2) is 0 Å². The lowest BCUT2D eigenvalue weighted by Gasteiger charge is -2.31. The Bertz CT molecular complexity index is 459. The van der Waals surface area contributed by atoms with Gasteiger partial charge in [0.2, 0.25) is 10.0 Å². The number of hydrogen-bond acceptors (Lipinski definition) is 5. The highest BCUT2D eigenvalue weighted by atomic mass is 32.2. The fraction of sp³-hybridized carbons (Fsp3) is 0.933. The molecule has 0 saturated heterocycles. The van der Waals surface area contributed by atoms with Crippen LogP contribution in [0.1, 0.15) is 48.5 Å². The van der Waals surface area contributed by atoms with Crippen molar-refractivity contribution in [2.45, 2.75) is 60.7 Å². The molecule has 1 N–H and O–H groups in total. The predicted octanol–water partition coefficient (Wildman–Crippen LogP) is 1.94. The second-order valence-electron chi connectivity index (χ2n) is 7.74. The summed E-state index contributed by atoms with van der Waals surface area (Å²) >= 11 is 0. The zero-order valence-electron chi connectivity index (χ0n) is 15.0. The van der Waals surface area contributed by atoms with E-state index in [1.54, 1.807) is 20.8 Å². The first-order chi connectivity index (χ1) is 9.63. The van der Waals surface area contributed by atoms with E-state index in [4.69, 9.17) is 9.47 Å². The fourth-order valence-electron chi connectivity index (χ4n) is 1.27. The lowest BCUT2D eigenvalue weighted by atomic mass is 9.90. The molecular weight excluding hydrogens is 306 g/mol. The van der Waals surface area contributed by atoms with Gasteiger partial charge in [-0.2, -0.15) is 0 Å². The van der Waals surface area contributed by atoms with Gasteiger partial charge in [0.05, 0.1) is 17.8 Å². The maximum absolute atomic E-state index is 11.8. The molecule has 22 heavy (non-hydrogen) atoms. The van der Waals surface area contributed by atoms with Crippen molar-refractivity contribution >= 4 is 16.0 Å². The molecule has 0 saturated carbocycles. The summed E-state index contributed by atoms with van der Waals surface area (Å²) in [6.07, 6.45) is 0.431. The van der Waals surface area contributed by atoms with Crippen LogP contribution < -0.4 is 4.72 Å². The molecule has 2 atom stereocenters. The van der Waals surface area contributed by atoms with Gasteiger partial charge >= 0.3 is 5.97 Å². The Kier molecular flexibility index (Phi) is 7.51. The molecule has 0 aromatic carbocycles. The van der Waals surface area contributed by atoms with E-state index in [1.807, 2.05) is 27.7 Å². The predicted molar refractivity (Wildman–Crippen MR) is 87.1 cm³/mol. The van der Waals surface area contributed by atoms with Gasteiger partial charge in [0.25, 0.3) is 0 Å². The van der Waals surface area contributed by atoms with Gasteiger partial charge in [-0.1, -0.05) is 20.8 Å². The molecule has 0 aliphatic carbocycles. The molecule has 0 bridgehead atoms. The first kappa shape index (κ1) is 21.3. The van der Waals surface area contributed by atoms with E-state index < -0.39 is 21.5 Å². The third-order valence-electron chi connectivity index (χ3n) is 3.20. The Morgan fingerprint density at radius 3 is 2.00 bits per heavy atom.